The molecular formula is C22H25N3O7S. The van der Waals surface area contributed by atoms with E-state index in [0.717, 1.165) is 0 Å². The molecule has 11 heteroatoms. The van der Waals surface area contributed by atoms with Gasteiger partial charge in [0.25, 0.3) is 5.91 Å². The van der Waals surface area contributed by atoms with Crippen LogP contribution in [-0.4, -0.2) is 56.3 Å². The summed E-state index contributed by atoms with van der Waals surface area (Å²) >= 11 is 0. The van der Waals surface area contributed by atoms with Crippen molar-refractivity contribution in [3.05, 3.63) is 61.0 Å². The Hall–Kier alpha value is -3.44. The molecule has 0 bridgehead atoms. The molecule has 2 heterocycles. The molecule has 10 nitrogen and oxygen atoms in total. The standard InChI is InChI=1S/C22H25N3O7S/c1-16(32-19-4-2-3-11-24-19)20(26)25-12-15-31-17-5-7-18(8-6-17)33(28,29)22(21(23)27)9-13-30-14-10-22/h2-8,11H,1,9-10,12-15H2,(H2,23,27)(H,25,26). The van der Waals surface area contributed by atoms with Crippen molar-refractivity contribution in [3.8, 4) is 11.6 Å². The van der Waals surface area contributed by atoms with Crippen molar-refractivity contribution >= 4 is 21.7 Å². The van der Waals surface area contributed by atoms with E-state index in [9.17, 15) is 18.0 Å². The van der Waals surface area contributed by atoms with E-state index in [1.165, 1.54) is 30.5 Å². The Morgan fingerprint density at radius 1 is 1.15 bits per heavy atom. The molecule has 1 saturated heterocycles. The van der Waals surface area contributed by atoms with Gasteiger partial charge in [0, 0.05) is 25.5 Å². The van der Waals surface area contributed by atoms with Crippen LogP contribution in [0.15, 0.2) is 65.9 Å². The van der Waals surface area contributed by atoms with Crippen LogP contribution in [0.25, 0.3) is 0 Å². The van der Waals surface area contributed by atoms with E-state index in [0.29, 0.717) is 5.75 Å². The molecular weight excluding hydrogens is 450 g/mol. The number of ether oxygens (including phenoxy) is 3. The first-order valence-corrected chi connectivity index (χ1v) is 11.7. The highest BCUT2D eigenvalue weighted by Gasteiger charge is 2.51. The number of carbonyl (C=O) groups is 2. The van der Waals surface area contributed by atoms with Gasteiger partial charge >= 0.3 is 0 Å². The largest absolute Gasteiger partial charge is 0.492 e. The van der Waals surface area contributed by atoms with Gasteiger partial charge in [-0.05, 0) is 43.2 Å². The van der Waals surface area contributed by atoms with Crippen molar-refractivity contribution in [3.63, 3.8) is 0 Å². The summed E-state index contributed by atoms with van der Waals surface area (Å²) in [4.78, 5) is 28.0. The fourth-order valence-electron chi connectivity index (χ4n) is 3.30. The second-order valence-corrected chi connectivity index (χ2v) is 9.50. The van der Waals surface area contributed by atoms with E-state index in [2.05, 4.69) is 16.9 Å². The lowest BCUT2D eigenvalue weighted by Gasteiger charge is -2.33. The molecule has 2 aromatic rings. The summed E-state index contributed by atoms with van der Waals surface area (Å²) in [7, 11) is -4.01. The lowest BCUT2D eigenvalue weighted by molar-refractivity contribution is -0.123. The zero-order chi connectivity index (χ0) is 23.9. The Kier molecular flexibility index (Phi) is 7.67. The third-order valence-electron chi connectivity index (χ3n) is 5.17. The first-order valence-electron chi connectivity index (χ1n) is 10.2. The van der Waals surface area contributed by atoms with Gasteiger partial charge in [0.2, 0.25) is 11.8 Å². The van der Waals surface area contributed by atoms with Crippen molar-refractivity contribution in [2.75, 3.05) is 26.4 Å². The predicted octanol–water partition coefficient (Wildman–Crippen LogP) is 0.978. The first-order chi connectivity index (χ1) is 15.8. The number of sulfone groups is 1. The van der Waals surface area contributed by atoms with Crippen LogP contribution in [-0.2, 0) is 24.2 Å². The topological polar surface area (TPSA) is 147 Å². The van der Waals surface area contributed by atoms with E-state index >= 15 is 0 Å². The van der Waals surface area contributed by atoms with Crippen molar-refractivity contribution < 1.29 is 32.2 Å². The second kappa shape index (κ2) is 10.5. The molecule has 1 aromatic heterocycles. The number of carbonyl (C=O) groups excluding carboxylic acids is 2. The molecule has 0 saturated carbocycles. The van der Waals surface area contributed by atoms with Crippen molar-refractivity contribution in [1.29, 1.82) is 0 Å². The summed E-state index contributed by atoms with van der Waals surface area (Å²) in [5.41, 5.74) is 5.47. The lowest BCUT2D eigenvalue weighted by Crippen LogP contribution is -2.53. The van der Waals surface area contributed by atoms with Gasteiger partial charge in [-0.3, -0.25) is 9.59 Å². The average molecular weight is 476 g/mol. The maximum atomic E-state index is 13.1. The van der Waals surface area contributed by atoms with Crippen LogP contribution in [0.1, 0.15) is 12.8 Å². The molecule has 33 heavy (non-hydrogen) atoms. The highest BCUT2D eigenvalue weighted by atomic mass is 32.2. The van der Waals surface area contributed by atoms with Crippen molar-refractivity contribution in [2.24, 2.45) is 5.73 Å². The Bertz CT molecular complexity index is 1100. The van der Waals surface area contributed by atoms with E-state index < -0.39 is 26.4 Å². The highest BCUT2D eigenvalue weighted by molar-refractivity contribution is 7.93. The third-order valence-corrected chi connectivity index (χ3v) is 7.70. The SMILES string of the molecule is C=C(Oc1ccccn1)C(=O)NCCOc1ccc(S(=O)(=O)C2(C(N)=O)CCOCC2)cc1. The molecule has 0 aliphatic carbocycles. The van der Waals surface area contributed by atoms with Gasteiger partial charge in [0.1, 0.15) is 12.4 Å². The van der Waals surface area contributed by atoms with Crippen LogP contribution in [0, 0.1) is 0 Å². The maximum absolute atomic E-state index is 13.1. The molecule has 0 radical (unpaired) electrons. The van der Waals surface area contributed by atoms with E-state index in [-0.39, 0.29) is 55.7 Å². The van der Waals surface area contributed by atoms with Gasteiger partial charge in [-0.25, -0.2) is 13.4 Å². The quantitative estimate of drug-likeness (QED) is 0.294. The van der Waals surface area contributed by atoms with Crippen molar-refractivity contribution in [1.82, 2.24) is 10.3 Å². The van der Waals surface area contributed by atoms with Crippen LogP contribution in [0.5, 0.6) is 11.6 Å². The summed E-state index contributed by atoms with van der Waals surface area (Å²) in [6.45, 7) is 4.14. The second-order valence-electron chi connectivity index (χ2n) is 7.24. The average Bonchev–Trinajstić information content (AvgIpc) is 2.83. The predicted molar refractivity (Wildman–Crippen MR) is 118 cm³/mol. The van der Waals surface area contributed by atoms with Crippen LogP contribution in [0.3, 0.4) is 0 Å². The number of amides is 2. The molecule has 1 fully saturated rings. The molecule has 3 rings (SSSR count). The third kappa shape index (κ3) is 5.49. The molecule has 176 valence electrons. The monoisotopic (exact) mass is 475 g/mol. The van der Waals surface area contributed by atoms with E-state index in [4.69, 9.17) is 19.9 Å². The molecule has 2 amide bonds. The van der Waals surface area contributed by atoms with E-state index in [1.807, 2.05) is 0 Å². The maximum Gasteiger partial charge on any atom is 0.286 e. The number of pyridine rings is 1. The highest BCUT2D eigenvalue weighted by Crippen LogP contribution is 2.35. The zero-order valence-corrected chi connectivity index (χ0v) is 18.7. The zero-order valence-electron chi connectivity index (χ0n) is 17.9. The fraction of sp³-hybridized carbons (Fsp3) is 0.318. The fourth-order valence-corrected chi connectivity index (χ4v) is 5.22. The molecule has 1 aliphatic rings. The molecule has 0 atom stereocenters. The first kappa shape index (κ1) is 24.2. The minimum absolute atomic E-state index is 0.0119. The Balaban J connectivity index is 1.52. The Morgan fingerprint density at radius 3 is 2.45 bits per heavy atom. The molecule has 3 N–H and O–H groups in total. The molecule has 0 unspecified atom stereocenters. The summed E-state index contributed by atoms with van der Waals surface area (Å²) in [5, 5.41) is 2.59. The number of benzene rings is 1. The summed E-state index contributed by atoms with van der Waals surface area (Å²) in [6.07, 6.45) is 1.55. The number of primary amides is 1. The van der Waals surface area contributed by atoms with E-state index in [1.54, 1.807) is 18.2 Å². The Labute approximate surface area is 191 Å². The molecule has 1 aliphatic heterocycles. The van der Waals surface area contributed by atoms with Gasteiger partial charge in [-0.15, -0.1) is 0 Å². The number of nitrogens with two attached hydrogens (primary N) is 1. The smallest absolute Gasteiger partial charge is 0.286 e. The number of aromatic nitrogens is 1. The van der Waals surface area contributed by atoms with Gasteiger partial charge in [0.05, 0.1) is 11.4 Å². The van der Waals surface area contributed by atoms with Crippen LogP contribution in [0.4, 0.5) is 0 Å². The van der Waals surface area contributed by atoms with Gasteiger partial charge in [-0.1, -0.05) is 12.6 Å². The van der Waals surface area contributed by atoms with Gasteiger partial charge in [-0.2, -0.15) is 0 Å². The van der Waals surface area contributed by atoms with Gasteiger partial charge in [0.15, 0.2) is 20.3 Å². The van der Waals surface area contributed by atoms with Gasteiger partial charge < -0.3 is 25.3 Å². The van der Waals surface area contributed by atoms with Crippen molar-refractivity contribution in [2.45, 2.75) is 22.5 Å². The number of nitrogens with one attached hydrogen (secondary N) is 1. The summed E-state index contributed by atoms with van der Waals surface area (Å²) in [5.74, 6) is -0.858. The molecule has 1 aromatic carbocycles. The number of hydrogen-bond acceptors (Lipinski definition) is 8. The minimum Gasteiger partial charge on any atom is -0.492 e. The summed E-state index contributed by atoms with van der Waals surface area (Å²) < 4.78 is 40.6. The summed E-state index contributed by atoms with van der Waals surface area (Å²) in [6, 6.07) is 10.7. The lowest BCUT2D eigenvalue weighted by atomic mass is 9.98. The van der Waals surface area contributed by atoms with Crippen LogP contribution in [0.2, 0.25) is 0 Å². The Morgan fingerprint density at radius 2 is 1.85 bits per heavy atom. The minimum atomic E-state index is -4.01. The number of nitrogens with zero attached hydrogens (tertiary/aromatic N) is 1. The van der Waals surface area contributed by atoms with Crippen LogP contribution < -0.4 is 20.5 Å². The molecule has 0 spiro atoms. The number of hydrogen-bond donors (Lipinski definition) is 2. The van der Waals surface area contributed by atoms with Crippen LogP contribution >= 0.6 is 0 Å². The normalized spacial score (nSPS) is 15.3. The number of rotatable bonds is 10.